The van der Waals surface area contributed by atoms with Gasteiger partial charge in [-0.2, -0.15) is 0 Å². The van der Waals surface area contributed by atoms with E-state index in [2.05, 4.69) is 41.3 Å². The minimum Gasteiger partial charge on any atom is -0.374 e. The van der Waals surface area contributed by atoms with E-state index in [0.717, 1.165) is 24.0 Å². The minimum atomic E-state index is 0.761. The smallest absolute Gasteiger partial charge is 0.0426 e. The molecule has 1 aromatic rings. The lowest BCUT2D eigenvalue weighted by molar-refractivity contribution is 0.396. The minimum absolute atomic E-state index is 0.761. The fraction of sp³-hybridized carbons (Fsp3) is 0.600. The monoisotopic (exact) mass is 281 g/mol. The van der Waals surface area contributed by atoms with Gasteiger partial charge in [0.05, 0.1) is 0 Å². The van der Waals surface area contributed by atoms with Crippen LogP contribution in [-0.4, -0.2) is 45.7 Å². The molecule has 0 radical (unpaired) electrons. The van der Waals surface area contributed by atoms with Crippen molar-refractivity contribution >= 4 is 17.3 Å². The fourth-order valence-electron chi connectivity index (χ4n) is 2.89. The van der Waals surface area contributed by atoms with Gasteiger partial charge in [-0.3, -0.25) is 0 Å². The zero-order chi connectivity index (χ0) is 13.8. The Labute approximate surface area is 121 Å². The first kappa shape index (κ1) is 14.6. The number of nitrogens with zero attached hydrogens (tertiary/aromatic N) is 2. The molecule has 19 heavy (non-hydrogen) atoms. The van der Waals surface area contributed by atoms with E-state index in [-0.39, 0.29) is 0 Å². The molecule has 1 aliphatic rings. The van der Waals surface area contributed by atoms with Crippen LogP contribution in [0.4, 0.5) is 5.69 Å². The van der Waals surface area contributed by atoms with E-state index < -0.39 is 0 Å². The molecule has 1 atom stereocenters. The quantitative estimate of drug-likeness (QED) is 0.894. The van der Waals surface area contributed by atoms with E-state index in [1.54, 1.807) is 0 Å². The summed E-state index contributed by atoms with van der Waals surface area (Å²) >= 11 is 6.15. The maximum Gasteiger partial charge on any atom is 0.0426 e. The van der Waals surface area contributed by atoms with Crippen molar-refractivity contribution in [3.63, 3.8) is 0 Å². The van der Waals surface area contributed by atoms with Crippen molar-refractivity contribution in [1.82, 2.24) is 10.2 Å². The molecule has 4 heteroatoms. The van der Waals surface area contributed by atoms with E-state index >= 15 is 0 Å². The zero-order valence-electron chi connectivity index (χ0n) is 12.1. The highest BCUT2D eigenvalue weighted by molar-refractivity contribution is 6.30. The van der Waals surface area contributed by atoms with Gasteiger partial charge in [-0.1, -0.05) is 17.7 Å². The van der Waals surface area contributed by atoms with Crippen molar-refractivity contribution in [2.24, 2.45) is 5.92 Å². The zero-order valence-corrected chi connectivity index (χ0v) is 12.9. The first-order valence-electron chi connectivity index (χ1n) is 6.93. The highest BCUT2D eigenvalue weighted by Gasteiger charge is 2.21. The number of rotatable bonds is 5. The van der Waals surface area contributed by atoms with Gasteiger partial charge < -0.3 is 15.1 Å². The third-order valence-electron chi connectivity index (χ3n) is 3.85. The number of anilines is 1. The highest BCUT2D eigenvalue weighted by Crippen LogP contribution is 2.26. The standard InChI is InChI=1S/C15H24ClN3/c1-17-9-13-4-5-14(16)8-15(13)19(3)11-12-6-7-18(2)10-12/h4-5,8,12,17H,6-7,9-11H2,1-3H3. The molecule has 3 nitrogen and oxygen atoms in total. The lowest BCUT2D eigenvalue weighted by atomic mass is 10.1. The molecule has 1 aromatic carbocycles. The molecule has 1 unspecified atom stereocenters. The number of nitrogens with one attached hydrogen (secondary N) is 1. The molecule has 1 fully saturated rings. The molecular formula is C15H24ClN3. The number of likely N-dealkylation sites (tertiary alicyclic amines) is 1. The van der Waals surface area contributed by atoms with E-state index in [4.69, 9.17) is 11.6 Å². The summed E-state index contributed by atoms with van der Waals surface area (Å²) in [5, 5.41) is 4.03. The van der Waals surface area contributed by atoms with Crippen LogP contribution in [0.15, 0.2) is 18.2 Å². The van der Waals surface area contributed by atoms with Crippen LogP contribution in [0.1, 0.15) is 12.0 Å². The average molecular weight is 282 g/mol. The Kier molecular flexibility index (Phi) is 5.08. The van der Waals surface area contributed by atoms with Gasteiger partial charge in [-0.25, -0.2) is 0 Å². The molecule has 0 aliphatic carbocycles. The van der Waals surface area contributed by atoms with Crippen LogP contribution in [0, 0.1) is 5.92 Å². The van der Waals surface area contributed by atoms with Crippen molar-refractivity contribution in [1.29, 1.82) is 0 Å². The predicted octanol–water partition coefficient (Wildman–Crippen LogP) is 2.45. The number of benzene rings is 1. The topological polar surface area (TPSA) is 18.5 Å². The van der Waals surface area contributed by atoms with Crippen LogP contribution >= 0.6 is 11.6 Å². The lowest BCUT2D eigenvalue weighted by Crippen LogP contribution is -2.28. The molecule has 0 amide bonds. The number of hydrogen-bond donors (Lipinski definition) is 1. The van der Waals surface area contributed by atoms with Crippen molar-refractivity contribution in [3.05, 3.63) is 28.8 Å². The third kappa shape index (κ3) is 3.85. The largest absolute Gasteiger partial charge is 0.374 e. The predicted molar refractivity (Wildman–Crippen MR) is 83.1 cm³/mol. The Morgan fingerprint density at radius 3 is 2.89 bits per heavy atom. The summed E-state index contributed by atoms with van der Waals surface area (Å²) < 4.78 is 0. The molecule has 1 heterocycles. The van der Waals surface area contributed by atoms with E-state index in [1.807, 2.05) is 13.1 Å². The van der Waals surface area contributed by atoms with Gasteiger partial charge in [0, 0.05) is 37.4 Å². The second kappa shape index (κ2) is 6.60. The molecule has 106 valence electrons. The summed E-state index contributed by atoms with van der Waals surface area (Å²) in [5.41, 5.74) is 2.55. The average Bonchev–Trinajstić information content (AvgIpc) is 2.77. The van der Waals surface area contributed by atoms with Gasteiger partial charge in [-0.05, 0) is 50.7 Å². The van der Waals surface area contributed by atoms with Gasteiger partial charge in [-0.15, -0.1) is 0 Å². The second-order valence-corrected chi connectivity index (χ2v) is 6.04. The number of halogens is 1. The van der Waals surface area contributed by atoms with Crippen molar-refractivity contribution in [2.45, 2.75) is 13.0 Å². The lowest BCUT2D eigenvalue weighted by Gasteiger charge is -2.26. The van der Waals surface area contributed by atoms with Crippen LogP contribution in [-0.2, 0) is 6.54 Å². The van der Waals surface area contributed by atoms with Crippen molar-refractivity contribution in [3.8, 4) is 0 Å². The summed E-state index contributed by atoms with van der Waals surface area (Å²) in [6.07, 6.45) is 1.29. The van der Waals surface area contributed by atoms with Gasteiger partial charge in [0.25, 0.3) is 0 Å². The fourth-order valence-corrected chi connectivity index (χ4v) is 3.06. The molecule has 0 aromatic heterocycles. The second-order valence-electron chi connectivity index (χ2n) is 5.60. The van der Waals surface area contributed by atoms with Crippen LogP contribution in [0.2, 0.25) is 5.02 Å². The van der Waals surface area contributed by atoms with E-state index in [9.17, 15) is 0 Å². The molecule has 0 saturated carbocycles. The Morgan fingerprint density at radius 2 is 2.26 bits per heavy atom. The highest BCUT2D eigenvalue weighted by atomic mass is 35.5. The Morgan fingerprint density at radius 1 is 1.47 bits per heavy atom. The van der Waals surface area contributed by atoms with Crippen molar-refractivity contribution < 1.29 is 0 Å². The molecule has 2 rings (SSSR count). The van der Waals surface area contributed by atoms with Gasteiger partial charge in [0.15, 0.2) is 0 Å². The molecule has 1 N–H and O–H groups in total. The Hall–Kier alpha value is -0.770. The number of hydrogen-bond acceptors (Lipinski definition) is 3. The maximum absolute atomic E-state index is 6.15. The first-order valence-corrected chi connectivity index (χ1v) is 7.30. The Bertz CT molecular complexity index is 422. The summed E-state index contributed by atoms with van der Waals surface area (Å²) in [6, 6.07) is 6.16. The maximum atomic E-state index is 6.15. The first-order chi connectivity index (χ1) is 9.10. The normalized spacial score (nSPS) is 19.9. The van der Waals surface area contributed by atoms with Crippen LogP contribution < -0.4 is 10.2 Å². The molecule has 1 aliphatic heterocycles. The van der Waals surface area contributed by atoms with Crippen LogP contribution in [0.5, 0.6) is 0 Å². The van der Waals surface area contributed by atoms with Gasteiger partial charge >= 0.3 is 0 Å². The molecular weight excluding hydrogens is 258 g/mol. The Balaban J connectivity index is 2.08. The molecule has 1 saturated heterocycles. The summed E-state index contributed by atoms with van der Waals surface area (Å²) in [4.78, 5) is 4.76. The van der Waals surface area contributed by atoms with E-state index in [0.29, 0.717) is 0 Å². The van der Waals surface area contributed by atoms with Crippen LogP contribution in [0.25, 0.3) is 0 Å². The SMILES string of the molecule is CNCc1ccc(Cl)cc1N(C)CC1CCN(C)C1. The summed E-state index contributed by atoms with van der Waals surface area (Å²) in [6.45, 7) is 4.40. The van der Waals surface area contributed by atoms with Gasteiger partial charge in [0.2, 0.25) is 0 Å². The summed E-state index contributed by atoms with van der Waals surface area (Å²) in [5.74, 6) is 0.761. The third-order valence-corrected chi connectivity index (χ3v) is 4.08. The van der Waals surface area contributed by atoms with E-state index in [1.165, 1.54) is 30.8 Å². The van der Waals surface area contributed by atoms with Gasteiger partial charge in [0.1, 0.15) is 0 Å². The summed E-state index contributed by atoms with van der Waals surface area (Å²) in [7, 11) is 6.35. The van der Waals surface area contributed by atoms with Crippen molar-refractivity contribution in [2.75, 3.05) is 45.7 Å². The molecule has 0 spiro atoms. The molecule has 0 bridgehead atoms. The van der Waals surface area contributed by atoms with Crippen LogP contribution in [0.3, 0.4) is 0 Å².